The highest BCUT2D eigenvalue weighted by Crippen LogP contribution is 2.25. The molecule has 0 bridgehead atoms. The molecule has 0 saturated carbocycles. The predicted molar refractivity (Wildman–Crippen MR) is 73.0 cm³/mol. The molecule has 3 heteroatoms. The molecule has 0 amide bonds. The summed E-state index contributed by atoms with van der Waals surface area (Å²) < 4.78 is 2.19. The molecule has 0 fully saturated rings. The zero-order valence-electron chi connectivity index (χ0n) is 10.5. The van der Waals surface area contributed by atoms with E-state index in [1.54, 1.807) is 6.20 Å². The number of hydrogen-bond acceptors (Lipinski definition) is 2. The molecule has 3 rings (SSSR count). The second-order valence-electron chi connectivity index (χ2n) is 4.66. The highest BCUT2D eigenvalue weighted by Gasteiger charge is 2.14. The smallest absolute Gasteiger partial charge is 0.117 e. The van der Waals surface area contributed by atoms with Crippen molar-refractivity contribution in [2.75, 3.05) is 0 Å². The first kappa shape index (κ1) is 11.0. The quantitative estimate of drug-likeness (QED) is 0.682. The topological polar surface area (TPSA) is 30.7 Å². The van der Waals surface area contributed by atoms with E-state index in [0.717, 1.165) is 22.5 Å². The fourth-order valence-corrected chi connectivity index (χ4v) is 2.18. The molecule has 1 aromatic carbocycles. The Labute approximate surface area is 106 Å². The minimum atomic E-state index is 0.373. The van der Waals surface area contributed by atoms with Crippen LogP contribution >= 0.6 is 0 Å². The summed E-state index contributed by atoms with van der Waals surface area (Å²) in [5, 5.41) is 0. The van der Waals surface area contributed by atoms with E-state index in [2.05, 4.69) is 35.5 Å². The molecule has 3 nitrogen and oxygen atoms in total. The largest absolute Gasteiger partial charge is 0.295 e. The number of fused-ring (bicyclic) bond motifs is 1. The van der Waals surface area contributed by atoms with Gasteiger partial charge >= 0.3 is 0 Å². The van der Waals surface area contributed by atoms with E-state index < -0.39 is 0 Å². The molecule has 0 aliphatic heterocycles. The predicted octanol–water partition coefficient (Wildman–Crippen LogP) is 3.54. The number of benzene rings is 1. The van der Waals surface area contributed by atoms with Crippen LogP contribution in [-0.2, 0) is 0 Å². The summed E-state index contributed by atoms with van der Waals surface area (Å²) in [5.41, 5.74) is 3.20. The molecule has 2 aromatic heterocycles. The molecule has 0 radical (unpaired) electrons. The van der Waals surface area contributed by atoms with Gasteiger partial charge in [0, 0.05) is 17.8 Å². The number of rotatable bonds is 2. The minimum Gasteiger partial charge on any atom is -0.295 e. The van der Waals surface area contributed by atoms with Gasteiger partial charge in [-0.3, -0.25) is 9.55 Å². The second kappa shape index (κ2) is 4.26. The highest BCUT2D eigenvalue weighted by molar-refractivity contribution is 5.77. The van der Waals surface area contributed by atoms with Crippen molar-refractivity contribution in [2.24, 2.45) is 0 Å². The molecule has 90 valence electrons. The van der Waals surface area contributed by atoms with E-state index >= 15 is 0 Å². The zero-order valence-corrected chi connectivity index (χ0v) is 10.5. The molecule has 3 aromatic rings. The average molecular weight is 237 g/mol. The van der Waals surface area contributed by atoms with Gasteiger partial charge in [-0.25, -0.2) is 4.98 Å². The normalized spacial score (nSPS) is 11.3. The molecular weight excluding hydrogens is 222 g/mol. The molecule has 0 aliphatic carbocycles. The van der Waals surface area contributed by atoms with Crippen molar-refractivity contribution < 1.29 is 0 Å². The van der Waals surface area contributed by atoms with Crippen molar-refractivity contribution in [3.63, 3.8) is 0 Å². The number of aromatic nitrogens is 3. The third kappa shape index (κ3) is 1.68. The van der Waals surface area contributed by atoms with Crippen LogP contribution in [0.3, 0.4) is 0 Å². The summed E-state index contributed by atoms with van der Waals surface area (Å²) in [5.74, 6) is 1.45. The van der Waals surface area contributed by atoms with Crippen molar-refractivity contribution in [1.82, 2.24) is 14.5 Å². The van der Waals surface area contributed by atoms with Gasteiger partial charge in [0.2, 0.25) is 0 Å². The molecule has 18 heavy (non-hydrogen) atoms. The molecular formula is C15H15N3. The van der Waals surface area contributed by atoms with Gasteiger partial charge in [0.25, 0.3) is 0 Å². The Morgan fingerprint density at radius 3 is 2.56 bits per heavy atom. The van der Waals surface area contributed by atoms with Crippen LogP contribution in [0.2, 0.25) is 0 Å². The molecule has 2 heterocycles. The van der Waals surface area contributed by atoms with Crippen LogP contribution in [0.25, 0.3) is 16.7 Å². The Bertz CT molecular complexity index is 669. The van der Waals surface area contributed by atoms with E-state index in [0.29, 0.717) is 5.92 Å². The molecule has 0 atom stereocenters. The molecule has 0 spiro atoms. The monoisotopic (exact) mass is 237 g/mol. The Morgan fingerprint density at radius 1 is 1.06 bits per heavy atom. The fraction of sp³-hybridized carbons (Fsp3) is 0.200. The van der Waals surface area contributed by atoms with Crippen LogP contribution < -0.4 is 0 Å². The fourth-order valence-electron chi connectivity index (χ4n) is 2.18. The lowest BCUT2D eigenvalue weighted by Crippen LogP contribution is -2.02. The Morgan fingerprint density at radius 2 is 1.83 bits per heavy atom. The number of hydrogen-bond donors (Lipinski definition) is 0. The summed E-state index contributed by atoms with van der Waals surface area (Å²) in [4.78, 5) is 8.92. The number of imidazole rings is 1. The van der Waals surface area contributed by atoms with Gasteiger partial charge in [0.15, 0.2) is 0 Å². The van der Waals surface area contributed by atoms with Gasteiger partial charge in [-0.15, -0.1) is 0 Å². The Kier molecular flexibility index (Phi) is 2.59. The van der Waals surface area contributed by atoms with Gasteiger partial charge in [0.1, 0.15) is 5.82 Å². The van der Waals surface area contributed by atoms with Gasteiger partial charge in [0.05, 0.1) is 17.2 Å². The third-order valence-corrected chi connectivity index (χ3v) is 3.01. The van der Waals surface area contributed by atoms with E-state index in [4.69, 9.17) is 4.98 Å². The summed E-state index contributed by atoms with van der Waals surface area (Å²) in [6, 6.07) is 12.3. The van der Waals surface area contributed by atoms with Gasteiger partial charge in [-0.2, -0.15) is 0 Å². The van der Waals surface area contributed by atoms with E-state index in [-0.39, 0.29) is 0 Å². The molecule has 0 N–H and O–H groups in total. The Hall–Kier alpha value is -2.16. The second-order valence-corrected chi connectivity index (χ2v) is 4.66. The maximum atomic E-state index is 4.71. The third-order valence-electron chi connectivity index (χ3n) is 3.01. The number of pyridine rings is 1. The lowest BCUT2D eigenvalue weighted by atomic mass is 10.2. The summed E-state index contributed by atoms with van der Waals surface area (Å²) in [6.07, 6.45) is 3.66. The first-order valence-corrected chi connectivity index (χ1v) is 6.15. The summed E-state index contributed by atoms with van der Waals surface area (Å²) in [7, 11) is 0. The van der Waals surface area contributed by atoms with Crippen LogP contribution in [0.4, 0.5) is 0 Å². The SMILES string of the molecule is CC(C)c1nc2ccncc2n1-c1ccccc1. The van der Waals surface area contributed by atoms with Crippen LogP contribution in [0.1, 0.15) is 25.6 Å². The zero-order chi connectivity index (χ0) is 12.5. The number of para-hydroxylation sites is 1. The highest BCUT2D eigenvalue weighted by atomic mass is 15.1. The number of nitrogens with zero attached hydrogens (tertiary/aromatic N) is 3. The summed E-state index contributed by atoms with van der Waals surface area (Å²) in [6.45, 7) is 4.32. The molecule has 0 saturated heterocycles. The maximum Gasteiger partial charge on any atom is 0.117 e. The van der Waals surface area contributed by atoms with Crippen molar-refractivity contribution in [3.8, 4) is 5.69 Å². The van der Waals surface area contributed by atoms with Gasteiger partial charge in [-0.05, 0) is 18.2 Å². The van der Waals surface area contributed by atoms with Gasteiger partial charge < -0.3 is 0 Å². The standard InChI is InChI=1S/C15H15N3/c1-11(2)15-17-13-8-9-16-10-14(13)18(15)12-6-4-3-5-7-12/h3-11H,1-2H3. The van der Waals surface area contributed by atoms with Crippen LogP contribution in [-0.4, -0.2) is 14.5 Å². The van der Waals surface area contributed by atoms with Crippen molar-refractivity contribution in [2.45, 2.75) is 19.8 Å². The van der Waals surface area contributed by atoms with E-state index in [1.165, 1.54) is 0 Å². The van der Waals surface area contributed by atoms with Crippen molar-refractivity contribution in [1.29, 1.82) is 0 Å². The van der Waals surface area contributed by atoms with Crippen LogP contribution in [0.5, 0.6) is 0 Å². The van der Waals surface area contributed by atoms with Crippen LogP contribution in [0.15, 0.2) is 48.8 Å². The van der Waals surface area contributed by atoms with Crippen molar-refractivity contribution in [3.05, 3.63) is 54.6 Å². The van der Waals surface area contributed by atoms with Crippen molar-refractivity contribution >= 4 is 11.0 Å². The lowest BCUT2D eigenvalue weighted by molar-refractivity contribution is 0.759. The maximum absolute atomic E-state index is 4.71. The minimum absolute atomic E-state index is 0.373. The first-order chi connectivity index (χ1) is 8.77. The van der Waals surface area contributed by atoms with Gasteiger partial charge in [-0.1, -0.05) is 32.0 Å². The average Bonchev–Trinajstić information content (AvgIpc) is 2.79. The lowest BCUT2D eigenvalue weighted by Gasteiger charge is -2.10. The van der Waals surface area contributed by atoms with E-state index in [1.807, 2.05) is 30.5 Å². The Balaban J connectivity index is 2.35. The molecule has 0 unspecified atom stereocenters. The van der Waals surface area contributed by atoms with Crippen LogP contribution in [0, 0.1) is 0 Å². The molecule has 0 aliphatic rings. The van der Waals surface area contributed by atoms with E-state index in [9.17, 15) is 0 Å². The summed E-state index contributed by atoms with van der Waals surface area (Å²) >= 11 is 0. The first-order valence-electron chi connectivity index (χ1n) is 6.15.